The minimum absolute atomic E-state index is 0.460. The fraction of sp³-hybridized carbons (Fsp3) is 0.538. The van der Waals surface area contributed by atoms with E-state index in [1.165, 1.54) is 19.3 Å². The molecule has 1 aromatic heterocycles. The molecule has 0 aromatic carbocycles. The molecule has 4 heteroatoms. The molecule has 0 aliphatic carbocycles. The first kappa shape index (κ1) is 12.3. The monoisotopic (exact) mass is 249 g/mol. The molecule has 1 aliphatic rings. The number of pyridine rings is 1. The maximum Gasteiger partial charge on any atom is 0.106 e. The Labute approximate surface area is 108 Å². The van der Waals surface area contributed by atoms with Gasteiger partial charge in [-0.05, 0) is 24.8 Å². The van der Waals surface area contributed by atoms with Gasteiger partial charge in [-0.15, -0.1) is 0 Å². The van der Waals surface area contributed by atoms with Crippen LogP contribution < -0.4 is 10.6 Å². The van der Waals surface area contributed by atoms with E-state index in [9.17, 15) is 0 Å². The van der Waals surface area contributed by atoms with Gasteiger partial charge in [0.1, 0.15) is 4.99 Å². The van der Waals surface area contributed by atoms with Crippen LogP contribution in [0.25, 0.3) is 0 Å². The second kappa shape index (κ2) is 5.45. The molecule has 1 aromatic rings. The third-order valence-corrected chi connectivity index (χ3v) is 3.61. The van der Waals surface area contributed by atoms with E-state index >= 15 is 0 Å². The number of nitrogens with two attached hydrogens (primary N) is 1. The van der Waals surface area contributed by atoms with Gasteiger partial charge in [0, 0.05) is 24.8 Å². The quantitative estimate of drug-likeness (QED) is 0.832. The molecule has 0 saturated carbocycles. The molecule has 2 rings (SSSR count). The van der Waals surface area contributed by atoms with Crippen LogP contribution in [0.15, 0.2) is 18.5 Å². The highest BCUT2D eigenvalue weighted by atomic mass is 32.1. The Morgan fingerprint density at radius 1 is 1.65 bits per heavy atom. The lowest BCUT2D eigenvalue weighted by Crippen LogP contribution is -2.24. The van der Waals surface area contributed by atoms with Gasteiger partial charge in [0.05, 0.1) is 11.9 Å². The van der Waals surface area contributed by atoms with Crippen molar-refractivity contribution in [2.24, 2.45) is 11.7 Å². The fourth-order valence-corrected chi connectivity index (χ4v) is 2.71. The molecule has 1 aliphatic heterocycles. The van der Waals surface area contributed by atoms with Gasteiger partial charge in [0.25, 0.3) is 0 Å². The van der Waals surface area contributed by atoms with Crippen LogP contribution in [-0.2, 0) is 0 Å². The minimum Gasteiger partial charge on any atom is -0.389 e. The molecule has 1 fully saturated rings. The van der Waals surface area contributed by atoms with Gasteiger partial charge >= 0.3 is 0 Å². The highest BCUT2D eigenvalue weighted by Gasteiger charge is 2.23. The van der Waals surface area contributed by atoms with Crippen LogP contribution >= 0.6 is 12.2 Å². The summed E-state index contributed by atoms with van der Waals surface area (Å²) in [6.45, 7) is 4.44. The maximum atomic E-state index is 5.75. The van der Waals surface area contributed by atoms with E-state index in [1.807, 2.05) is 12.3 Å². The molecular weight excluding hydrogens is 230 g/mol. The molecule has 17 heavy (non-hydrogen) atoms. The Balaban J connectivity index is 2.16. The van der Waals surface area contributed by atoms with Crippen molar-refractivity contribution in [2.75, 3.05) is 18.0 Å². The summed E-state index contributed by atoms with van der Waals surface area (Å²) in [6, 6.07) is 1.91. The molecule has 3 nitrogen and oxygen atoms in total. The summed E-state index contributed by atoms with van der Waals surface area (Å²) >= 11 is 5.09. The van der Waals surface area contributed by atoms with Gasteiger partial charge in [-0.3, -0.25) is 4.98 Å². The summed E-state index contributed by atoms with van der Waals surface area (Å²) in [5, 5.41) is 0. The van der Waals surface area contributed by atoms with Crippen LogP contribution in [0.5, 0.6) is 0 Å². The van der Waals surface area contributed by atoms with Gasteiger partial charge in [0.15, 0.2) is 0 Å². The zero-order valence-corrected chi connectivity index (χ0v) is 11.0. The molecule has 2 N–H and O–H groups in total. The lowest BCUT2D eigenvalue weighted by Gasteiger charge is -2.21. The summed E-state index contributed by atoms with van der Waals surface area (Å²) in [5.74, 6) is 0.805. The molecule has 0 bridgehead atoms. The number of anilines is 1. The molecular formula is C13H19N3S. The molecule has 92 valence electrons. The van der Waals surface area contributed by atoms with Crippen molar-refractivity contribution in [1.29, 1.82) is 0 Å². The van der Waals surface area contributed by atoms with Crippen LogP contribution in [0.4, 0.5) is 5.69 Å². The summed E-state index contributed by atoms with van der Waals surface area (Å²) in [7, 11) is 0. The first-order chi connectivity index (χ1) is 8.22. The molecule has 0 spiro atoms. The van der Waals surface area contributed by atoms with E-state index in [0.717, 1.165) is 30.3 Å². The number of nitrogens with zero attached hydrogens (tertiary/aromatic N) is 2. The lowest BCUT2D eigenvalue weighted by atomic mass is 10.0. The summed E-state index contributed by atoms with van der Waals surface area (Å²) in [5.41, 5.74) is 7.80. The summed E-state index contributed by atoms with van der Waals surface area (Å²) < 4.78 is 0. The zero-order chi connectivity index (χ0) is 12.3. The van der Waals surface area contributed by atoms with E-state index < -0.39 is 0 Å². The topological polar surface area (TPSA) is 42.2 Å². The number of hydrogen-bond donors (Lipinski definition) is 1. The van der Waals surface area contributed by atoms with Crippen molar-refractivity contribution in [3.05, 3.63) is 24.0 Å². The second-order valence-electron chi connectivity index (χ2n) is 4.65. The van der Waals surface area contributed by atoms with Crippen molar-refractivity contribution < 1.29 is 0 Å². The van der Waals surface area contributed by atoms with Crippen molar-refractivity contribution in [3.8, 4) is 0 Å². The highest BCUT2D eigenvalue weighted by molar-refractivity contribution is 7.80. The van der Waals surface area contributed by atoms with Crippen molar-refractivity contribution in [1.82, 2.24) is 4.98 Å². The Bertz CT molecular complexity index is 405. The van der Waals surface area contributed by atoms with Crippen LogP contribution in [0.1, 0.15) is 31.7 Å². The number of aromatic nitrogens is 1. The Kier molecular flexibility index (Phi) is 3.94. The van der Waals surface area contributed by atoms with E-state index in [0.29, 0.717) is 4.99 Å². The van der Waals surface area contributed by atoms with Gasteiger partial charge < -0.3 is 10.6 Å². The van der Waals surface area contributed by atoms with Crippen LogP contribution in [-0.4, -0.2) is 23.1 Å². The summed E-state index contributed by atoms with van der Waals surface area (Å²) in [6.07, 6.45) is 7.45. The molecule has 2 heterocycles. The first-order valence-corrected chi connectivity index (χ1v) is 6.62. The van der Waals surface area contributed by atoms with Crippen molar-refractivity contribution in [2.45, 2.75) is 26.2 Å². The average Bonchev–Trinajstić information content (AvgIpc) is 2.78. The summed E-state index contributed by atoms with van der Waals surface area (Å²) in [4.78, 5) is 7.01. The first-order valence-electron chi connectivity index (χ1n) is 6.21. The van der Waals surface area contributed by atoms with E-state index in [1.54, 1.807) is 6.20 Å². The molecule has 0 amide bonds. The number of rotatable bonds is 4. The smallest absolute Gasteiger partial charge is 0.106 e. The Morgan fingerprint density at radius 3 is 3.18 bits per heavy atom. The molecule has 1 unspecified atom stereocenters. The van der Waals surface area contributed by atoms with Crippen LogP contribution in [0.2, 0.25) is 0 Å². The van der Waals surface area contributed by atoms with Crippen molar-refractivity contribution >= 4 is 22.9 Å². The van der Waals surface area contributed by atoms with Gasteiger partial charge in [-0.1, -0.05) is 25.6 Å². The van der Waals surface area contributed by atoms with E-state index in [4.69, 9.17) is 18.0 Å². The normalized spacial score (nSPS) is 19.6. The third kappa shape index (κ3) is 2.75. The predicted octanol–water partition coefficient (Wildman–Crippen LogP) is 2.34. The lowest BCUT2D eigenvalue weighted by molar-refractivity contribution is 0.530. The van der Waals surface area contributed by atoms with E-state index in [-0.39, 0.29) is 0 Å². The SMILES string of the molecule is CCCC1CCN(c2cnccc2C(N)=S)C1. The fourth-order valence-electron chi connectivity index (χ4n) is 2.54. The maximum absolute atomic E-state index is 5.75. The molecule has 1 saturated heterocycles. The van der Waals surface area contributed by atoms with Crippen LogP contribution in [0, 0.1) is 5.92 Å². The Hall–Kier alpha value is -1.16. The Morgan fingerprint density at radius 2 is 2.47 bits per heavy atom. The third-order valence-electron chi connectivity index (χ3n) is 3.39. The predicted molar refractivity (Wildman–Crippen MR) is 75.4 cm³/mol. The van der Waals surface area contributed by atoms with E-state index in [2.05, 4.69) is 16.8 Å². The van der Waals surface area contributed by atoms with Gasteiger partial charge in [0.2, 0.25) is 0 Å². The number of hydrogen-bond acceptors (Lipinski definition) is 3. The molecule has 1 atom stereocenters. The van der Waals surface area contributed by atoms with Gasteiger partial charge in [-0.25, -0.2) is 0 Å². The highest BCUT2D eigenvalue weighted by Crippen LogP contribution is 2.28. The standard InChI is InChI=1S/C13H19N3S/c1-2-3-10-5-7-16(9-10)12-8-15-6-4-11(12)13(14)17/h4,6,8,10H,2-3,5,7,9H2,1H3,(H2,14,17). The number of thiocarbonyl (C=S) groups is 1. The second-order valence-corrected chi connectivity index (χ2v) is 5.09. The zero-order valence-electron chi connectivity index (χ0n) is 10.2. The minimum atomic E-state index is 0.460. The van der Waals surface area contributed by atoms with Gasteiger partial charge in [-0.2, -0.15) is 0 Å². The van der Waals surface area contributed by atoms with Crippen molar-refractivity contribution in [3.63, 3.8) is 0 Å². The molecule has 0 radical (unpaired) electrons. The largest absolute Gasteiger partial charge is 0.389 e. The average molecular weight is 249 g/mol. The van der Waals surface area contributed by atoms with Crippen LogP contribution in [0.3, 0.4) is 0 Å².